The molecule has 14 nitrogen and oxygen atoms in total. The second-order valence-corrected chi connectivity index (χ2v) is 21.5. The molecule has 0 spiro atoms. The van der Waals surface area contributed by atoms with Crippen LogP contribution in [-0.2, 0) is 23.7 Å². The third-order valence-corrected chi connectivity index (χ3v) is 14.6. The number of ether oxygens (including phenoxy) is 4. The van der Waals surface area contributed by atoms with E-state index in [4.69, 9.17) is 18.9 Å². The normalized spacial score (nSPS) is 25.2. The van der Waals surface area contributed by atoms with Gasteiger partial charge in [-0.2, -0.15) is 0 Å². The highest BCUT2D eigenvalue weighted by atomic mass is 16.7. The molecule has 2 heterocycles. The number of hydrogen-bond acceptors (Lipinski definition) is 13. The van der Waals surface area contributed by atoms with Crippen LogP contribution in [0.25, 0.3) is 0 Å². The Hall–Kier alpha value is -2.57. The van der Waals surface area contributed by atoms with Crippen LogP contribution in [0.2, 0.25) is 0 Å². The van der Waals surface area contributed by atoms with Crippen LogP contribution in [0.3, 0.4) is 0 Å². The van der Waals surface area contributed by atoms with E-state index in [9.17, 15) is 45.6 Å². The van der Waals surface area contributed by atoms with Crippen LogP contribution in [-0.4, -0.2) is 140 Å². The zero-order chi connectivity index (χ0) is 56.0. The summed E-state index contributed by atoms with van der Waals surface area (Å²) >= 11 is 0. The van der Waals surface area contributed by atoms with Crippen LogP contribution in [0.5, 0.6) is 0 Å². The number of aliphatic hydroxyl groups excluding tert-OH is 8. The summed E-state index contributed by atoms with van der Waals surface area (Å²) in [5, 5.41) is 86.2. The highest BCUT2D eigenvalue weighted by Gasteiger charge is 2.51. The van der Waals surface area contributed by atoms with Crippen LogP contribution < -0.4 is 5.32 Å². The largest absolute Gasteiger partial charge is 0.394 e. The summed E-state index contributed by atoms with van der Waals surface area (Å²) in [4.78, 5) is 13.1. The van der Waals surface area contributed by atoms with Gasteiger partial charge in [-0.1, -0.05) is 234 Å². The van der Waals surface area contributed by atoms with Crippen molar-refractivity contribution in [2.24, 2.45) is 0 Å². The van der Waals surface area contributed by atoms with Crippen molar-refractivity contribution in [2.45, 2.75) is 299 Å². The molecule has 2 aliphatic heterocycles. The molecule has 0 aromatic heterocycles. The summed E-state index contributed by atoms with van der Waals surface area (Å²) in [6.07, 6.45) is 48.0. The van der Waals surface area contributed by atoms with Gasteiger partial charge in [0.05, 0.1) is 32.0 Å². The number of unbranched alkanes of at least 4 members (excludes halogenated alkanes) is 25. The molecule has 9 N–H and O–H groups in total. The van der Waals surface area contributed by atoms with Crippen molar-refractivity contribution in [3.8, 4) is 0 Å². The molecular weight excluding hydrogens is 979 g/mol. The molecule has 2 fully saturated rings. The monoisotopic (exact) mass is 1090 g/mol. The zero-order valence-corrected chi connectivity index (χ0v) is 47.9. The molecule has 1 amide bonds. The predicted molar refractivity (Wildman–Crippen MR) is 309 cm³/mol. The summed E-state index contributed by atoms with van der Waals surface area (Å²) in [5.41, 5.74) is 0. The fraction of sp³-hybridized carbons (Fsp3) is 0.794. The molecule has 0 aliphatic carbocycles. The van der Waals surface area contributed by atoms with Gasteiger partial charge in [0, 0.05) is 6.42 Å². The van der Waals surface area contributed by atoms with E-state index in [0.29, 0.717) is 6.42 Å². The van der Waals surface area contributed by atoms with Crippen molar-refractivity contribution in [1.82, 2.24) is 5.32 Å². The number of hydrogen-bond donors (Lipinski definition) is 9. The van der Waals surface area contributed by atoms with Gasteiger partial charge in [-0.25, -0.2) is 0 Å². The lowest BCUT2D eigenvalue weighted by molar-refractivity contribution is -0.359. The van der Waals surface area contributed by atoms with Gasteiger partial charge in [-0.3, -0.25) is 4.79 Å². The van der Waals surface area contributed by atoms with E-state index >= 15 is 0 Å². The Morgan fingerprint density at radius 2 is 0.896 bits per heavy atom. The van der Waals surface area contributed by atoms with Crippen LogP contribution in [0.4, 0.5) is 0 Å². The summed E-state index contributed by atoms with van der Waals surface area (Å²) in [5.74, 6) is -0.248. The molecule has 12 atom stereocenters. The number of carbonyl (C=O) groups excluding carboxylic acids is 1. The van der Waals surface area contributed by atoms with Gasteiger partial charge in [-0.15, -0.1) is 0 Å². The van der Waals surface area contributed by atoms with Gasteiger partial charge in [0.25, 0.3) is 0 Å². The smallest absolute Gasteiger partial charge is 0.220 e. The first-order chi connectivity index (χ1) is 37.6. The summed E-state index contributed by atoms with van der Waals surface area (Å²) in [6.45, 7) is 2.51. The fourth-order valence-electron chi connectivity index (χ4n) is 9.72. The molecule has 2 saturated heterocycles. The first-order valence-corrected chi connectivity index (χ1v) is 30.7. The molecule has 446 valence electrons. The van der Waals surface area contributed by atoms with E-state index in [2.05, 4.69) is 79.9 Å². The number of aliphatic hydroxyl groups is 8. The average molecular weight is 1090 g/mol. The van der Waals surface area contributed by atoms with Crippen molar-refractivity contribution in [1.29, 1.82) is 0 Å². The van der Waals surface area contributed by atoms with Crippen LogP contribution in [0.1, 0.15) is 226 Å². The van der Waals surface area contributed by atoms with Gasteiger partial charge in [0.15, 0.2) is 12.6 Å². The molecular formula is C63H111NO13. The summed E-state index contributed by atoms with van der Waals surface area (Å²) in [6, 6.07) is -0.910. The maximum atomic E-state index is 13.1. The molecule has 2 aliphatic rings. The zero-order valence-electron chi connectivity index (χ0n) is 47.9. The molecule has 77 heavy (non-hydrogen) atoms. The minimum atomic E-state index is -1.79. The lowest BCUT2D eigenvalue weighted by Gasteiger charge is -2.46. The maximum Gasteiger partial charge on any atom is 0.220 e. The number of amides is 1. The van der Waals surface area contributed by atoms with Gasteiger partial charge in [0.1, 0.15) is 48.8 Å². The highest BCUT2D eigenvalue weighted by molar-refractivity contribution is 5.76. The molecule has 0 saturated carbocycles. The molecule has 2 rings (SSSR count). The first-order valence-electron chi connectivity index (χ1n) is 30.7. The van der Waals surface area contributed by atoms with Gasteiger partial charge in [-0.05, 0) is 57.8 Å². The quantitative estimate of drug-likeness (QED) is 0.0204. The standard InChI is InChI=1S/C63H111NO13/c1-3-5-7-9-10-11-12-13-14-15-16-17-18-19-20-21-22-23-24-25-26-27-28-29-30-31-32-33-34-35-36-37-38-39-40-41-42-43-45-47-55(68)64-51(52(67)46-44-8-6-4-2)50-74-62-60(73)58(71)61(54(49-66)76-62)77-63-59(72)57(70)56(69)53(48-65)75-63/h5,7,10-11,13-14,16-17,19-20,44,46,51-54,56-63,65-67,69-73H,3-4,6,8-9,12,15,18,21-43,45,47-50H2,1-2H3,(H,64,68)/b7-5-,11-10-,14-13-,17-16-,20-19-,46-44+. The Balaban J connectivity index is 1.46. The lowest BCUT2D eigenvalue weighted by atomic mass is 9.97. The van der Waals surface area contributed by atoms with Crippen molar-refractivity contribution in [3.63, 3.8) is 0 Å². The van der Waals surface area contributed by atoms with Crippen LogP contribution >= 0.6 is 0 Å². The number of allylic oxidation sites excluding steroid dienone is 11. The Morgan fingerprint density at radius 1 is 0.481 bits per heavy atom. The summed E-state index contributed by atoms with van der Waals surface area (Å²) in [7, 11) is 0. The minimum absolute atomic E-state index is 0.248. The topological polar surface area (TPSA) is 228 Å². The average Bonchev–Trinajstić information content (AvgIpc) is 3.43. The Morgan fingerprint density at radius 3 is 1.36 bits per heavy atom. The second-order valence-electron chi connectivity index (χ2n) is 21.5. The van der Waals surface area contributed by atoms with Gasteiger partial charge < -0.3 is 65.1 Å². The molecule has 0 aromatic rings. The van der Waals surface area contributed by atoms with E-state index in [0.717, 1.165) is 70.6 Å². The summed E-state index contributed by atoms with van der Waals surface area (Å²) < 4.78 is 22.6. The van der Waals surface area contributed by atoms with E-state index in [-0.39, 0.29) is 18.9 Å². The number of carbonyl (C=O) groups is 1. The Kier molecular flexibility index (Phi) is 44.1. The van der Waals surface area contributed by atoms with Gasteiger partial charge >= 0.3 is 0 Å². The molecule has 0 bridgehead atoms. The van der Waals surface area contributed by atoms with E-state index in [1.165, 1.54) is 128 Å². The van der Waals surface area contributed by atoms with Crippen molar-refractivity contribution < 1.29 is 64.6 Å². The van der Waals surface area contributed by atoms with E-state index in [1.807, 2.05) is 6.08 Å². The maximum absolute atomic E-state index is 13.1. The molecule has 0 aromatic carbocycles. The van der Waals surface area contributed by atoms with Crippen LogP contribution in [0, 0.1) is 0 Å². The first kappa shape index (κ1) is 70.5. The molecule has 0 radical (unpaired) electrons. The highest BCUT2D eigenvalue weighted by Crippen LogP contribution is 2.30. The number of nitrogens with one attached hydrogen (secondary N) is 1. The third-order valence-electron chi connectivity index (χ3n) is 14.6. The Labute approximate surface area is 466 Å². The van der Waals surface area contributed by atoms with E-state index < -0.39 is 86.8 Å². The SMILES string of the molecule is CC/C=C\C/C=C\C/C=C\C/C=C\C/C=C\CCCCCCCCCCCCCCCCCCCCCCCCCC(=O)NC(COC1OC(CO)C(OC2OC(CO)C(O)C(O)C2O)C(O)C1O)C(O)/C=C/CCCC. The van der Waals surface area contributed by atoms with Gasteiger partial charge in [0.2, 0.25) is 5.91 Å². The predicted octanol–water partition coefficient (Wildman–Crippen LogP) is 10.7. The molecule has 12 unspecified atom stereocenters. The Bertz CT molecular complexity index is 1570. The van der Waals surface area contributed by atoms with Crippen molar-refractivity contribution >= 4 is 5.91 Å². The van der Waals surface area contributed by atoms with Crippen molar-refractivity contribution in [2.75, 3.05) is 19.8 Å². The lowest BCUT2D eigenvalue weighted by Crippen LogP contribution is -2.65. The second kappa shape index (κ2) is 48.2. The van der Waals surface area contributed by atoms with Crippen molar-refractivity contribution in [3.05, 3.63) is 72.9 Å². The van der Waals surface area contributed by atoms with E-state index in [1.54, 1.807) is 6.08 Å². The number of rotatable bonds is 48. The fourth-order valence-corrected chi connectivity index (χ4v) is 9.72. The third kappa shape index (κ3) is 33.7. The molecule has 14 heteroatoms. The minimum Gasteiger partial charge on any atom is -0.394 e. The van der Waals surface area contributed by atoms with Crippen LogP contribution in [0.15, 0.2) is 72.9 Å².